The second-order valence-electron chi connectivity index (χ2n) is 17.1. The van der Waals surface area contributed by atoms with Crippen LogP contribution in [0.2, 0.25) is 0 Å². The van der Waals surface area contributed by atoms with E-state index in [0.29, 0.717) is 11.8 Å². The summed E-state index contributed by atoms with van der Waals surface area (Å²) in [6.45, 7) is 0. The summed E-state index contributed by atoms with van der Waals surface area (Å²) in [6.07, 6.45) is 13.6. The summed E-state index contributed by atoms with van der Waals surface area (Å²) in [5.74, 6) is 0.819. The average molecular weight is 813 g/mol. The topological polar surface area (TPSA) is 8.17 Å². The van der Waals surface area contributed by atoms with Crippen LogP contribution in [-0.4, -0.2) is 4.57 Å². The van der Waals surface area contributed by atoms with Crippen molar-refractivity contribution < 1.29 is 0 Å². The molecule has 13 rings (SSSR count). The molecular weight excluding hydrogens is 773 g/mol. The number of fused-ring (bicyclic) bond motifs is 10. The molecule has 2 atom stereocenters. The maximum absolute atomic E-state index is 3.46. The summed E-state index contributed by atoms with van der Waals surface area (Å²) in [7, 11) is 0. The van der Waals surface area contributed by atoms with Crippen molar-refractivity contribution in [1.29, 1.82) is 0 Å². The Hall–Kier alpha value is -8.38. The first-order chi connectivity index (χ1) is 31.7. The van der Waals surface area contributed by atoms with Crippen molar-refractivity contribution in [2.24, 2.45) is 5.92 Å². The van der Waals surface area contributed by atoms with E-state index in [9.17, 15) is 0 Å². The van der Waals surface area contributed by atoms with Crippen molar-refractivity contribution >= 4 is 77.3 Å². The Bertz CT molecular complexity index is 3730. The standard InChI is InChI=1S/C62H40N2/c1-2-19-48(20-3-1)64-58-28-13-12-27-57(58)62-60(64)40-45-17-6-9-24-54(45)61(62)47-18-14-21-50(38-47)63(59-39-44-16-5-8-23-52(44)55-25-10-11-26-56(55)59)49-34-31-41(32-35-49)43-33-36-53-46(37-43)30-29-42-15-4-7-22-51(42)53/h1-4,6-15,17-40,42,51H. The molecular formula is C62H40N2. The molecule has 64 heavy (non-hydrogen) atoms. The Morgan fingerprint density at radius 2 is 1.25 bits per heavy atom. The Labute approximate surface area is 372 Å². The van der Waals surface area contributed by atoms with E-state index in [0.717, 1.165) is 33.7 Å². The summed E-state index contributed by atoms with van der Waals surface area (Å²) in [5, 5.41) is 9.49. The zero-order chi connectivity index (χ0) is 42.1. The maximum atomic E-state index is 3.46. The molecule has 2 aliphatic rings. The number of allylic oxidation sites excluding steroid dienone is 5. The van der Waals surface area contributed by atoms with Crippen LogP contribution in [0, 0.1) is 18.1 Å². The molecule has 1 aromatic heterocycles. The van der Waals surface area contributed by atoms with Gasteiger partial charge in [0.15, 0.2) is 0 Å². The van der Waals surface area contributed by atoms with Gasteiger partial charge in [-0.05, 0) is 128 Å². The number of hydrogen-bond acceptors (Lipinski definition) is 1. The van der Waals surface area contributed by atoms with Crippen LogP contribution >= 0.6 is 0 Å². The van der Waals surface area contributed by atoms with E-state index < -0.39 is 0 Å². The van der Waals surface area contributed by atoms with Gasteiger partial charge in [-0.2, -0.15) is 0 Å². The fraction of sp³-hybridized carbons (Fsp3) is 0.0323. The van der Waals surface area contributed by atoms with E-state index >= 15 is 0 Å². The molecule has 0 N–H and O–H groups in total. The summed E-state index contributed by atoms with van der Waals surface area (Å²) in [4.78, 5) is 2.43. The molecule has 2 unspecified atom stereocenters. The SMILES string of the molecule is c1ccc2c(c#1)cc(N(c1ccc(-c3ccc4c(c3)C=CC3C=CC=CC43)cc1)c1cccc(-c3c4ccccc4cc4c3c3ccccc3n4-c3ccccc3)c1)c1ccccc12. The minimum Gasteiger partial charge on any atom is -0.310 e. The van der Waals surface area contributed by atoms with Gasteiger partial charge in [0.1, 0.15) is 0 Å². The highest BCUT2D eigenvalue weighted by Gasteiger charge is 2.25. The molecule has 2 nitrogen and oxygen atoms in total. The van der Waals surface area contributed by atoms with Crippen LogP contribution in [0.25, 0.3) is 88.1 Å². The highest BCUT2D eigenvalue weighted by atomic mass is 15.1. The minimum atomic E-state index is 0.393. The first-order valence-corrected chi connectivity index (χ1v) is 22.2. The van der Waals surface area contributed by atoms with Crippen LogP contribution in [0.1, 0.15) is 17.0 Å². The number of aromatic nitrogens is 1. The van der Waals surface area contributed by atoms with Gasteiger partial charge in [-0.1, -0.05) is 170 Å². The zero-order valence-electron chi connectivity index (χ0n) is 35.0. The summed E-state index contributed by atoms with van der Waals surface area (Å²) in [6, 6.07) is 77.9. The molecule has 0 bridgehead atoms. The number of nitrogens with zero attached hydrogens (tertiary/aromatic N) is 2. The lowest BCUT2D eigenvalue weighted by Gasteiger charge is -2.28. The second kappa shape index (κ2) is 14.6. The van der Waals surface area contributed by atoms with Crippen LogP contribution < -0.4 is 4.90 Å². The Morgan fingerprint density at radius 3 is 2.14 bits per heavy atom. The van der Waals surface area contributed by atoms with Crippen LogP contribution in [0.15, 0.2) is 225 Å². The van der Waals surface area contributed by atoms with Crippen LogP contribution in [-0.2, 0) is 0 Å². The smallest absolute Gasteiger partial charge is 0.0553 e. The zero-order valence-corrected chi connectivity index (χ0v) is 35.0. The summed E-state index contributed by atoms with van der Waals surface area (Å²) >= 11 is 0. The fourth-order valence-corrected chi connectivity index (χ4v) is 10.6. The molecule has 2 heteroatoms. The number of anilines is 3. The minimum absolute atomic E-state index is 0.393. The average Bonchev–Trinajstić information content (AvgIpc) is 3.69. The van der Waals surface area contributed by atoms with Gasteiger partial charge in [0, 0.05) is 50.4 Å². The first-order valence-electron chi connectivity index (χ1n) is 22.2. The molecule has 0 saturated heterocycles. The Kier molecular flexibility index (Phi) is 8.29. The van der Waals surface area contributed by atoms with E-state index in [2.05, 4.69) is 246 Å². The van der Waals surface area contributed by atoms with Crippen molar-refractivity contribution in [3.8, 4) is 27.9 Å². The molecule has 298 valence electrons. The third kappa shape index (κ3) is 5.75. The van der Waals surface area contributed by atoms with Crippen molar-refractivity contribution in [3.05, 3.63) is 248 Å². The fourth-order valence-electron chi connectivity index (χ4n) is 10.6. The lowest BCUT2D eigenvalue weighted by Crippen LogP contribution is -2.13. The Morgan fingerprint density at radius 1 is 0.484 bits per heavy atom. The third-order valence-corrected chi connectivity index (χ3v) is 13.5. The monoisotopic (exact) mass is 812 g/mol. The molecule has 0 amide bonds. The van der Waals surface area contributed by atoms with Crippen molar-refractivity contribution in [3.63, 3.8) is 0 Å². The normalized spacial score (nSPS) is 15.2. The van der Waals surface area contributed by atoms with Gasteiger partial charge in [-0.3, -0.25) is 0 Å². The predicted molar refractivity (Wildman–Crippen MR) is 270 cm³/mol. The molecule has 0 fully saturated rings. The van der Waals surface area contributed by atoms with Crippen LogP contribution in [0.4, 0.5) is 17.1 Å². The van der Waals surface area contributed by atoms with Gasteiger partial charge in [0.25, 0.3) is 0 Å². The second-order valence-corrected chi connectivity index (χ2v) is 17.1. The van der Waals surface area contributed by atoms with Crippen LogP contribution in [0.5, 0.6) is 0 Å². The van der Waals surface area contributed by atoms with Gasteiger partial charge >= 0.3 is 0 Å². The van der Waals surface area contributed by atoms with Gasteiger partial charge < -0.3 is 9.47 Å². The molecule has 10 aromatic carbocycles. The van der Waals surface area contributed by atoms with Gasteiger partial charge in [-0.25, -0.2) is 0 Å². The Balaban J connectivity index is 1.02. The number of benzene rings is 9. The first kappa shape index (κ1) is 36.3. The number of hydrogen-bond donors (Lipinski definition) is 0. The van der Waals surface area contributed by atoms with Crippen molar-refractivity contribution in [2.75, 3.05) is 4.90 Å². The quantitative estimate of drug-likeness (QED) is 0.162. The lowest BCUT2D eigenvalue weighted by atomic mass is 9.76. The largest absolute Gasteiger partial charge is 0.310 e. The van der Waals surface area contributed by atoms with Gasteiger partial charge in [-0.15, -0.1) is 0 Å². The number of rotatable bonds is 6. The molecule has 0 saturated carbocycles. The van der Waals surface area contributed by atoms with Crippen LogP contribution in [0.3, 0.4) is 0 Å². The molecule has 0 spiro atoms. The van der Waals surface area contributed by atoms with E-state index in [1.165, 1.54) is 76.6 Å². The van der Waals surface area contributed by atoms with Gasteiger partial charge in [0.05, 0.1) is 16.7 Å². The third-order valence-electron chi connectivity index (χ3n) is 13.5. The highest BCUT2D eigenvalue weighted by molar-refractivity contribution is 6.23. The van der Waals surface area contributed by atoms with Gasteiger partial charge in [0.2, 0.25) is 0 Å². The van der Waals surface area contributed by atoms with Crippen molar-refractivity contribution in [1.82, 2.24) is 4.57 Å². The molecule has 11 aromatic rings. The summed E-state index contributed by atoms with van der Waals surface area (Å²) in [5.41, 5.74) is 14.3. The molecule has 1 heterocycles. The number of para-hydroxylation sites is 2. The maximum Gasteiger partial charge on any atom is 0.0553 e. The van der Waals surface area contributed by atoms with E-state index in [-0.39, 0.29) is 0 Å². The van der Waals surface area contributed by atoms with E-state index in [4.69, 9.17) is 0 Å². The summed E-state index contributed by atoms with van der Waals surface area (Å²) < 4.78 is 2.42. The van der Waals surface area contributed by atoms with Crippen molar-refractivity contribution in [2.45, 2.75) is 5.92 Å². The molecule has 2 aliphatic carbocycles. The molecule has 0 radical (unpaired) electrons. The predicted octanol–water partition coefficient (Wildman–Crippen LogP) is 16.5. The van der Waals surface area contributed by atoms with E-state index in [1.54, 1.807) is 0 Å². The molecule has 0 aliphatic heterocycles. The lowest BCUT2D eigenvalue weighted by molar-refractivity contribution is 0.692. The van der Waals surface area contributed by atoms with E-state index in [1.807, 2.05) is 6.07 Å². The highest BCUT2D eigenvalue weighted by Crippen LogP contribution is 2.47.